The molecule has 0 aromatic heterocycles. The van der Waals surface area contributed by atoms with Gasteiger partial charge in [-0.1, -0.05) is 12.2 Å². The standard InChI is InChI=1S/C18H18O7/c1-21-17(19)11-12(18(20)22-2)16-10-9(15(11)25-16)13-7-5-3-4-6(23-5)8(7)14(10)24-13/h3-10,13-16H,1-2H3/t5-,6-,7-,8+,9-,10+,13-,14-,15-,16-/m0/s1. The maximum atomic E-state index is 12.3. The van der Waals surface area contributed by atoms with Crippen molar-refractivity contribution in [3.05, 3.63) is 23.3 Å². The summed E-state index contributed by atoms with van der Waals surface area (Å²) in [5.74, 6) is -0.288. The molecule has 7 nitrogen and oxygen atoms in total. The van der Waals surface area contributed by atoms with Crippen molar-refractivity contribution in [1.82, 2.24) is 0 Å². The van der Waals surface area contributed by atoms with Crippen molar-refractivity contribution < 1.29 is 33.3 Å². The Labute approximate surface area is 143 Å². The predicted octanol–water partition coefficient (Wildman–Crippen LogP) is -0.00700. The molecule has 0 saturated carbocycles. The second-order valence-electron chi connectivity index (χ2n) is 7.61. The highest BCUT2D eigenvalue weighted by atomic mass is 16.6. The molecule has 4 saturated heterocycles. The van der Waals surface area contributed by atoms with Crippen molar-refractivity contribution in [2.75, 3.05) is 14.2 Å². The SMILES string of the molecule is COC(=O)C1=C(C(=O)OC)[C@H]2O[C@H]1[C@@H]1[C@H]3O[C@@H]([C@H]4[C@@H]3[C@@H]3C=C[C@@H]4O3)[C@@H]12. The van der Waals surface area contributed by atoms with Crippen molar-refractivity contribution in [3.8, 4) is 0 Å². The van der Waals surface area contributed by atoms with E-state index < -0.39 is 24.1 Å². The lowest BCUT2D eigenvalue weighted by Crippen LogP contribution is -2.49. The van der Waals surface area contributed by atoms with Crippen molar-refractivity contribution in [2.24, 2.45) is 23.7 Å². The smallest absolute Gasteiger partial charge is 0.337 e. The first-order chi connectivity index (χ1) is 12.2. The van der Waals surface area contributed by atoms with E-state index in [0.717, 1.165) is 0 Å². The average molecular weight is 346 g/mol. The van der Waals surface area contributed by atoms with E-state index >= 15 is 0 Å². The van der Waals surface area contributed by atoms with Gasteiger partial charge in [-0.15, -0.1) is 0 Å². The molecule has 0 unspecified atom stereocenters. The third kappa shape index (κ3) is 1.46. The summed E-state index contributed by atoms with van der Waals surface area (Å²) in [6.45, 7) is 0. The fourth-order valence-corrected chi connectivity index (χ4v) is 6.26. The highest BCUT2D eigenvalue weighted by Crippen LogP contribution is 2.65. The lowest BCUT2D eigenvalue weighted by molar-refractivity contribution is -0.140. The fraction of sp³-hybridized carbons (Fsp3) is 0.667. The number of methoxy groups -OCH3 is 2. The zero-order valence-electron chi connectivity index (χ0n) is 13.8. The number of ether oxygens (including phenoxy) is 5. The molecule has 25 heavy (non-hydrogen) atoms. The molecule has 6 aliphatic rings. The Morgan fingerprint density at radius 3 is 1.68 bits per heavy atom. The van der Waals surface area contributed by atoms with Crippen LogP contribution in [0.15, 0.2) is 23.3 Å². The van der Waals surface area contributed by atoms with Crippen molar-refractivity contribution in [1.29, 1.82) is 0 Å². The Balaban J connectivity index is 1.44. The summed E-state index contributed by atoms with van der Waals surface area (Å²) in [4.78, 5) is 24.7. The van der Waals surface area contributed by atoms with Crippen LogP contribution in [0.5, 0.6) is 0 Å². The van der Waals surface area contributed by atoms with Gasteiger partial charge in [0.25, 0.3) is 0 Å². The molecule has 0 aliphatic carbocycles. The normalized spacial score (nSPS) is 52.7. The van der Waals surface area contributed by atoms with Gasteiger partial charge in [-0.25, -0.2) is 9.59 Å². The molecule has 132 valence electrons. The summed E-state index contributed by atoms with van der Waals surface area (Å²) < 4.78 is 28.4. The molecular formula is C18H18O7. The second-order valence-corrected chi connectivity index (χ2v) is 7.61. The van der Waals surface area contributed by atoms with Crippen LogP contribution in [-0.4, -0.2) is 62.8 Å². The third-order valence-corrected chi connectivity index (χ3v) is 6.95. The maximum absolute atomic E-state index is 12.3. The van der Waals surface area contributed by atoms with E-state index in [0.29, 0.717) is 23.0 Å². The number of carbonyl (C=O) groups is 2. The number of carbonyl (C=O) groups excluding carboxylic acids is 2. The van der Waals surface area contributed by atoms with E-state index in [1.807, 2.05) is 0 Å². The van der Waals surface area contributed by atoms with Crippen LogP contribution in [0.4, 0.5) is 0 Å². The average Bonchev–Trinajstić information content (AvgIpc) is 3.42. The minimum Gasteiger partial charge on any atom is -0.466 e. The van der Waals surface area contributed by atoms with Crippen LogP contribution in [0.1, 0.15) is 0 Å². The maximum Gasteiger partial charge on any atom is 0.337 e. The molecule has 6 heterocycles. The van der Waals surface area contributed by atoms with Gasteiger partial charge in [0.2, 0.25) is 0 Å². The van der Waals surface area contributed by atoms with Gasteiger partial charge in [0.05, 0.1) is 62.0 Å². The van der Waals surface area contributed by atoms with Gasteiger partial charge in [-0.3, -0.25) is 0 Å². The molecule has 0 aromatic rings. The number of hydrogen-bond acceptors (Lipinski definition) is 7. The first-order valence-electron chi connectivity index (χ1n) is 8.71. The van der Waals surface area contributed by atoms with E-state index in [9.17, 15) is 9.59 Å². The summed E-state index contributed by atoms with van der Waals surface area (Å²) >= 11 is 0. The van der Waals surface area contributed by atoms with Gasteiger partial charge in [0.1, 0.15) is 0 Å². The number of hydrogen-bond donors (Lipinski definition) is 0. The third-order valence-electron chi connectivity index (χ3n) is 6.95. The lowest BCUT2D eigenvalue weighted by atomic mass is 9.60. The van der Waals surface area contributed by atoms with Crippen LogP contribution < -0.4 is 0 Å². The van der Waals surface area contributed by atoms with Crippen LogP contribution in [-0.2, 0) is 33.3 Å². The zero-order valence-corrected chi connectivity index (χ0v) is 13.8. The Kier molecular flexibility index (Phi) is 2.62. The van der Waals surface area contributed by atoms with Gasteiger partial charge in [-0.05, 0) is 0 Å². The number of rotatable bonds is 2. The van der Waals surface area contributed by atoms with E-state index in [4.69, 9.17) is 23.7 Å². The Morgan fingerprint density at radius 1 is 0.760 bits per heavy atom. The molecule has 6 bridgehead atoms. The van der Waals surface area contributed by atoms with Crippen LogP contribution in [0.2, 0.25) is 0 Å². The first kappa shape index (κ1) is 14.5. The highest BCUT2D eigenvalue weighted by molar-refractivity contribution is 6.03. The van der Waals surface area contributed by atoms with Gasteiger partial charge in [0.15, 0.2) is 0 Å². The summed E-state index contributed by atoms with van der Waals surface area (Å²) in [5, 5.41) is 0. The highest BCUT2D eigenvalue weighted by Gasteiger charge is 2.75. The number of esters is 2. The van der Waals surface area contributed by atoms with Gasteiger partial charge in [0, 0.05) is 23.7 Å². The summed E-state index contributed by atoms with van der Waals surface area (Å²) in [6.07, 6.45) is 3.49. The molecule has 7 heteroatoms. The molecule has 4 fully saturated rings. The molecule has 0 spiro atoms. The van der Waals surface area contributed by atoms with Gasteiger partial charge in [-0.2, -0.15) is 0 Å². The van der Waals surface area contributed by atoms with E-state index in [1.165, 1.54) is 14.2 Å². The van der Waals surface area contributed by atoms with E-state index in [-0.39, 0.29) is 36.3 Å². The molecule has 6 rings (SSSR count). The topological polar surface area (TPSA) is 80.3 Å². The zero-order chi connectivity index (χ0) is 17.0. The molecule has 6 aliphatic heterocycles. The second kappa shape index (κ2) is 4.52. The van der Waals surface area contributed by atoms with Crippen molar-refractivity contribution >= 4 is 11.9 Å². The van der Waals surface area contributed by atoms with Gasteiger partial charge >= 0.3 is 11.9 Å². The molecule has 10 atom stereocenters. The summed E-state index contributed by atoms with van der Waals surface area (Å²) in [5.41, 5.74) is 0.626. The molecule has 0 radical (unpaired) electrons. The van der Waals surface area contributed by atoms with Crippen LogP contribution in [0.25, 0.3) is 0 Å². The monoisotopic (exact) mass is 346 g/mol. The minimum atomic E-state index is -0.519. The van der Waals surface area contributed by atoms with Crippen LogP contribution >= 0.6 is 0 Å². The van der Waals surface area contributed by atoms with E-state index in [1.54, 1.807) is 0 Å². The van der Waals surface area contributed by atoms with E-state index in [2.05, 4.69) is 12.2 Å². The molecule has 0 N–H and O–H groups in total. The predicted molar refractivity (Wildman–Crippen MR) is 80.1 cm³/mol. The number of fused-ring (bicyclic) bond motifs is 16. The van der Waals surface area contributed by atoms with Crippen LogP contribution in [0, 0.1) is 23.7 Å². The van der Waals surface area contributed by atoms with Crippen molar-refractivity contribution in [2.45, 2.75) is 36.6 Å². The first-order valence-corrected chi connectivity index (χ1v) is 8.71. The Hall–Kier alpha value is -1.70. The molecular weight excluding hydrogens is 328 g/mol. The van der Waals surface area contributed by atoms with Crippen molar-refractivity contribution in [3.63, 3.8) is 0 Å². The Morgan fingerprint density at radius 2 is 1.24 bits per heavy atom. The Bertz CT molecular complexity index is 697. The molecule has 0 amide bonds. The summed E-state index contributed by atoms with van der Waals surface area (Å²) in [7, 11) is 2.63. The largest absolute Gasteiger partial charge is 0.466 e. The van der Waals surface area contributed by atoms with Gasteiger partial charge < -0.3 is 23.7 Å². The fourth-order valence-electron chi connectivity index (χ4n) is 6.26. The summed E-state index contributed by atoms with van der Waals surface area (Å²) in [6, 6.07) is 0. The molecule has 0 aromatic carbocycles. The van der Waals surface area contributed by atoms with Crippen LogP contribution in [0.3, 0.4) is 0 Å². The minimum absolute atomic E-state index is 0.00574. The quantitative estimate of drug-likeness (QED) is 0.514. The lowest BCUT2D eigenvalue weighted by Gasteiger charge is -2.37.